The number of amides is 1. The molecule has 0 aliphatic rings. The number of aryl methyl sites for hydroxylation is 2. The molecule has 2 heterocycles. The van der Waals surface area contributed by atoms with Gasteiger partial charge in [-0.1, -0.05) is 0 Å². The number of hydrogen-bond acceptors (Lipinski definition) is 4. The fraction of sp³-hybridized carbons (Fsp3) is 0.267. The van der Waals surface area contributed by atoms with Gasteiger partial charge in [0.05, 0.1) is 12.1 Å². The van der Waals surface area contributed by atoms with Crippen LogP contribution in [-0.4, -0.2) is 15.0 Å². The van der Waals surface area contributed by atoms with E-state index in [0.717, 1.165) is 15.0 Å². The second-order valence-electron chi connectivity index (χ2n) is 4.92. The molecule has 2 aromatic heterocycles. The smallest absolute Gasteiger partial charge is 0.330 e. The first-order chi connectivity index (χ1) is 10.4. The van der Waals surface area contributed by atoms with Crippen LogP contribution in [0.5, 0.6) is 0 Å². The molecule has 0 saturated heterocycles. The van der Waals surface area contributed by atoms with Gasteiger partial charge in [0, 0.05) is 31.2 Å². The van der Waals surface area contributed by atoms with Gasteiger partial charge in [-0.05, 0) is 30.0 Å². The number of rotatable bonds is 4. The maximum atomic E-state index is 11.9. The summed E-state index contributed by atoms with van der Waals surface area (Å²) in [6.45, 7) is 2.44. The van der Waals surface area contributed by atoms with E-state index in [1.54, 1.807) is 18.4 Å². The van der Waals surface area contributed by atoms with Crippen molar-refractivity contribution in [3.63, 3.8) is 0 Å². The third kappa shape index (κ3) is 3.43. The van der Waals surface area contributed by atoms with Gasteiger partial charge in [-0.15, -0.1) is 11.3 Å². The van der Waals surface area contributed by atoms with Crippen LogP contribution >= 0.6 is 11.3 Å². The minimum atomic E-state index is -0.429. The third-order valence-electron chi connectivity index (χ3n) is 3.28. The molecule has 0 atom stereocenters. The topological polar surface area (TPSA) is 73.1 Å². The van der Waals surface area contributed by atoms with Gasteiger partial charge >= 0.3 is 5.69 Å². The maximum Gasteiger partial charge on any atom is 0.330 e. The van der Waals surface area contributed by atoms with E-state index >= 15 is 0 Å². The van der Waals surface area contributed by atoms with E-state index < -0.39 is 11.2 Å². The quantitative estimate of drug-likeness (QED) is 0.847. The molecule has 0 bridgehead atoms. The van der Waals surface area contributed by atoms with Gasteiger partial charge in [-0.3, -0.25) is 14.2 Å². The van der Waals surface area contributed by atoms with E-state index in [0.29, 0.717) is 6.54 Å². The van der Waals surface area contributed by atoms with Crippen molar-refractivity contribution in [2.45, 2.75) is 13.5 Å². The Morgan fingerprint density at radius 3 is 2.73 bits per heavy atom. The monoisotopic (exact) mass is 319 g/mol. The van der Waals surface area contributed by atoms with Crippen LogP contribution in [-0.2, 0) is 25.4 Å². The number of carbonyl (C=O) groups excluding carboxylic acids is 1. The largest absolute Gasteiger partial charge is 0.348 e. The molecule has 0 fully saturated rings. The summed E-state index contributed by atoms with van der Waals surface area (Å²) in [5.41, 5.74) is 0.592. The highest BCUT2D eigenvalue weighted by atomic mass is 32.1. The molecule has 6 nitrogen and oxygen atoms in total. The summed E-state index contributed by atoms with van der Waals surface area (Å²) in [5, 5.41) is 4.74. The molecule has 7 heteroatoms. The lowest BCUT2D eigenvalue weighted by molar-refractivity contribution is -0.116. The van der Waals surface area contributed by atoms with E-state index in [-0.39, 0.29) is 11.5 Å². The number of carbonyl (C=O) groups is 1. The Morgan fingerprint density at radius 2 is 2.09 bits per heavy atom. The molecule has 0 aliphatic heterocycles. The Labute approximate surface area is 131 Å². The average molecular weight is 319 g/mol. The van der Waals surface area contributed by atoms with E-state index in [9.17, 15) is 14.4 Å². The van der Waals surface area contributed by atoms with Crippen LogP contribution in [0.4, 0.5) is 0 Å². The lowest BCUT2D eigenvalue weighted by Gasteiger charge is -2.03. The number of nitrogens with zero attached hydrogens (tertiary/aromatic N) is 2. The molecule has 2 aromatic rings. The first-order valence-corrected chi connectivity index (χ1v) is 7.53. The molecule has 2 rings (SSSR count). The summed E-state index contributed by atoms with van der Waals surface area (Å²) in [5.74, 6) is -0.288. The molecule has 1 amide bonds. The summed E-state index contributed by atoms with van der Waals surface area (Å²) in [6.07, 6.45) is 4.13. The predicted molar refractivity (Wildman–Crippen MR) is 86.9 cm³/mol. The van der Waals surface area contributed by atoms with Crippen LogP contribution in [0.2, 0.25) is 0 Å². The SMILES string of the molecule is Cc1ccsc1CNC(=O)/C=C/c1cn(C)c(=O)n(C)c1=O. The van der Waals surface area contributed by atoms with E-state index in [1.165, 1.54) is 30.0 Å². The molecular formula is C15H17N3O3S. The van der Waals surface area contributed by atoms with Crippen molar-refractivity contribution in [1.29, 1.82) is 0 Å². The van der Waals surface area contributed by atoms with Crippen LogP contribution in [0.3, 0.4) is 0 Å². The summed E-state index contributed by atoms with van der Waals surface area (Å²) in [4.78, 5) is 36.4. The van der Waals surface area contributed by atoms with E-state index in [1.807, 2.05) is 18.4 Å². The van der Waals surface area contributed by atoms with Gasteiger partial charge in [0.1, 0.15) is 0 Å². The third-order valence-corrected chi connectivity index (χ3v) is 4.30. The van der Waals surface area contributed by atoms with Crippen LogP contribution in [0.15, 0.2) is 33.3 Å². The zero-order valence-corrected chi connectivity index (χ0v) is 13.4. The zero-order valence-electron chi connectivity index (χ0n) is 12.6. The molecule has 116 valence electrons. The Balaban J connectivity index is 2.09. The second-order valence-corrected chi connectivity index (χ2v) is 5.92. The molecule has 0 aromatic carbocycles. The number of aromatic nitrogens is 2. The van der Waals surface area contributed by atoms with Gasteiger partial charge < -0.3 is 9.88 Å². The lowest BCUT2D eigenvalue weighted by Crippen LogP contribution is -2.37. The highest BCUT2D eigenvalue weighted by Crippen LogP contribution is 2.14. The van der Waals surface area contributed by atoms with Crippen LogP contribution in [0.25, 0.3) is 6.08 Å². The van der Waals surface area contributed by atoms with Crippen molar-refractivity contribution in [2.75, 3.05) is 0 Å². The highest BCUT2D eigenvalue weighted by Gasteiger charge is 2.05. The molecule has 0 radical (unpaired) electrons. The van der Waals surface area contributed by atoms with E-state index in [2.05, 4.69) is 5.32 Å². The van der Waals surface area contributed by atoms with Crippen LogP contribution in [0.1, 0.15) is 16.0 Å². The summed E-state index contributed by atoms with van der Waals surface area (Å²) in [7, 11) is 2.96. The van der Waals surface area contributed by atoms with Crippen molar-refractivity contribution in [2.24, 2.45) is 14.1 Å². The van der Waals surface area contributed by atoms with Gasteiger partial charge in [0.25, 0.3) is 5.56 Å². The predicted octanol–water partition coefficient (Wildman–Crippen LogP) is 0.784. The molecule has 22 heavy (non-hydrogen) atoms. The zero-order chi connectivity index (χ0) is 16.3. The van der Waals surface area contributed by atoms with Crippen LogP contribution < -0.4 is 16.6 Å². The van der Waals surface area contributed by atoms with E-state index in [4.69, 9.17) is 0 Å². The summed E-state index contributed by atoms with van der Waals surface area (Å²) in [6, 6.07) is 2.00. The molecule has 1 N–H and O–H groups in total. The Bertz CT molecular complexity index is 842. The standard InChI is InChI=1S/C15H17N3O3S/c1-10-6-7-22-12(10)8-16-13(19)5-4-11-9-17(2)15(21)18(3)14(11)20/h4-7,9H,8H2,1-3H3,(H,16,19)/b5-4+. The van der Waals surface area contributed by atoms with Gasteiger partial charge in [-0.25, -0.2) is 4.79 Å². The summed E-state index contributed by atoms with van der Waals surface area (Å²) >= 11 is 1.58. The first-order valence-electron chi connectivity index (χ1n) is 6.65. The van der Waals surface area contributed by atoms with Crippen molar-refractivity contribution < 1.29 is 4.79 Å². The van der Waals surface area contributed by atoms with Crippen molar-refractivity contribution in [1.82, 2.24) is 14.5 Å². The van der Waals surface area contributed by atoms with Crippen LogP contribution in [0, 0.1) is 6.92 Å². The van der Waals surface area contributed by atoms with Crippen molar-refractivity contribution in [3.05, 3.63) is 60.6 Å². The Morgan fingerprint density at radius 1 is 1.36 bits per heavy atom. The lowest BCUT2D eigenvalue weighted by atomic mass is 10.3. The second kappa shape index (κ2) is 6.57. The van der Waals surface area contributed by atoms with Gasteiger partial charge in [0.15, 0.2) is 0 Å². The number of hydrogen-bond donors (Lipinski definition) is 1. The maximum absolute atomic E-state index is 11.9. The minimum Gasteiger partial charge on any atom is -0.348 e. The fourth-order valence-electron chi connectivity index (χ4n) is 1.93. The first kappa shape index (κ1) is 16.0. The average Bonchev–Trinajstić information content (AvgIpc) is 2.90. The van der Waals surface area contributed by atoms with Crippen molar-refractivity contribution in [3.8, 4) is 0 Å². The Kier molecular flexibility index (Phi) is 4.77. The normalized spacial score (nSPS) is 11.0. The number of nitrogens with one attached hydrogen (secondary N) is 1. The fourth-order valence-corrected chi connectivity index (χ4v) is 2.77. The van der Waals surface area contributed by atoms with Gasteiger partial charge in [-0.2, -0.15) is 0 Å². The van der Waals surface area contributed by atoms with Gasteiger partial charge in [0.2, 0.25) is 5.91 Å². The van der Waals surface area contributed by atoms with Crippen molar-refractivity contribution >= 4 is 23.3 Å². The minimum absolute atomic E-state index is 0.284. The highest BCUT2D eigenvalue weighted by molar-refractivity contribution is 7.10. The molecule has 0 unspecified atom stereocenters. The molecule has 0 spiro atoms. The molecular weight excluding hydrogens is 302 g/mol. The molecule has 0 aliphatic carbocycles. The number of thiophene rings is 1. The molecule has 0 saturated carbocycles. The summed E-state index contributed by atoms with van der Waals surface area (Å²) < 4.78 is 2.31. The Hall–Kier alpha value is -2.41.